The van der Waals surface area contributed by atoms with Gasteiger partial charge in [0, 0.05) is 17.5 Å². The standard InChI is InChI=1S/C16H28N4O2/c1-6-8-9-11(7-2)12-10-13(21)18-14(17-12)19-15(22)20-16(3,4)5/h10-11H,6-9H2,1-5H3,(H3,17,18,19,20,21,22). The van der Waals surface area contributed by atoms with Gasteiger partial charge in [0.25, 0.3) is 5.56 Å². The summed E-state index contributed by atoms with van der Waals surface area (Å²) < 4.78 is 0. The number of H-pyrrole nitrogens is 1. The summed E-state index contributed by atoms with van der Waals surface area (Å²) in [7, 11) is 0. The SMILES string of the molecule is CCCCC(CC)c1cc(=O)[nH]c(NC(=O)NC(C)(C)C)n1. The van der Waals surface area contributed by atoms with E-state index in [-0.39, 0.29) is 29.0 Å². The van der Waals surface area contributed by atoms with Crippen LogP contribution >= 0.6 is 0 Å². The number of aromatic amines is 1. The third-order valence-corrected chi connectivity index (χ3v) is 3.30. The molecule has 124 valence electrons. The van der Waals surface area contributed by atoms with Crippen molar-refractivity contribution >= 4 is 12.0 Å². The van der Waals surface area contributed by atoms with Crippen LogP contribution < -0.4 is 16.2 Å². The first-order chi connectivity index (χ1) is 10.2. The molecule has 0 fully saturated rings. The summed E-state index contributed by atoms with van der Waals surface area (Å²) in [5.74, 6) is 0.438. The number of nitrogens with one attached hydrogen (secondary N) is 3. The lowest BCUT2D eigenvalue weighted by atomic mass is 9.96. The molecule has 0 aliphatic rings. The number of rotatable bonds is 6. The average Bonchev–Trinajstić information content (AvgIpc) is 2.36. The molecule has 0 saturated carbocycles. The first-order valence-electron chi connectivity index (χ1n) is 7.95. The number of hydrogen-bond donors (Lipinski definition) is 3. The van der Waals surface area contributed by atoms with E-state index in [1.54, 1.807) is 0 Å². The molecule has 0 radical (unpaired) electrons. The summed E-state index contributed by atoms with van der Waals surface area (Å²) in [4.78, 5) is 30.6. The van der Waals surface area contributed by atoms with Gasteiger partial charge in [-0.2, -0.15) is 0 Å². The van der Waals surface area contributed by atoms with Crippen LogP contribution in [-0.2, 0) is 0 Å². The Hall–Kier alpha value is -1.85. The normalized spacial score (nSPS) is 12.8. The van der Waals surface area contributed by atoms with E-state index in [1.807, 2.05) is 20.8 Å². The number of anilines is 1. The number of carbonyl (C=O) groups is 1. The Morgan fingerprint density at radius 2 is 2.05 bits per heavy atom. The molecule has 0 saturated heterocycles. The number of hydrogen-bond acceptors (Lipinski definition) is 3. The molecule has 22 heavy (non-hydrogen) atoms. The lowest BCUT2D eigenvalue weighted by Crippen LogP contribution is -2.43. The van der Waals surface area contributed by atoms with Crippen molar-refractivity contribution in [3.05, 3.63) is 22.1 Å². The predicted molar refractivity (Wildman–Crippen MR) is 89.3 cm³/mol. The van der Waals surface area contributed by atoms with Gasteiger partial charge >= 0.3 is 6.03 Å². The summed E-state index contributed by atoms with van der Waals surface area (Å²) in [5, 5.41) is 5.37. The van der Waals surface area contributed by atoms with Crippen LogP contribution in [0, 0.1) is 0 Å². The molecule has 2 amide bonds. The van der Waals surface area contributed by atoms with Crippen LogP contribution in [-0.4, -0.2) is 21.5 Å². The zero-order valence-corrected chi connectivity index (χ0v) is 14.2. The number of urea groups is 1. The zero-order chi connectivity index (χ0) is 16.8. The van der Waals surface area contributed by atoms with Crippen LogP contribution in [0.25, 0.3) is 0 Å². The minimum Gasteiger partial charge on any atom is -0.333 e. The van der Waals surface area contributed by atoms with Crippen LogP contribution in [0.15, 0.2) is 10.9 Å². The molecule has 0 aromatic carbocycles. The second kappa shape index (κ2) is 7.96. The molecule has 3 N–H and O–H groups in total. The molecule has 1 heterocycles. The lowest BCUT2D eigenvalue weighted by Gasteiger charge is -2.20. The van der Waals surface area contributed by atoms with Crippen LogP contribution in [0.5, 0.6) is 0 Å². The Bertz CT molecular complexity index is 546. The van der Waals surface area contributed by atoms with Gasteiger partial charge in [0.05, 0.1) is 5.69 Å². The zero-order valence-electron chi connectivity index (χ0n) is 14.2. The van der Waals surface area contributed by atoms with Crippen LogP contribution in [0.3, 0.4) is 0 Å². The largest absolute Gasteiger partial charge is 0.333 e. The monoisotopic (exact) mass is 308 g/mol. The van der Waals surface area contributed by atoms with Gasteiger partial charge in [0.2, 0.25) is 5.95 Å². The van der Waals surface area contributed by atoms with Gasteiger partial charge in [-0.3, -0.25) is 15.1 Å². The van der Waals surface area contributed by atoms with Crippen molar-refractivity contribution in [2.24, 2.45) is 0 Å². The van der Waals surface area contributed by atoms with Crippen LogP contribution in [0.4, 0.5) is 10.7 Å². The summed E-state index contributed by atoms with van der Waals surface area (Å²) in [6.45, 7) is 9.88. The first kappa shape index (κ1) is 18.2. The summed E-state index contributed by atoms with van der Waals surface area (Å²) in [6, 6.07) is 1.14. The molecule has 0 aliphatic carbocycles. The van der Waals surface area contributed by atoms with Crippen molar-refractivity contribution < 1.29 is 4.79 Å². The fourth-order valence-electron chi connectivity index (χ4n) is 2.24. The Labute approximate surface area is 132 Å². The third-order valence-electron chi connectivity index (χ3n) is 3.30. The van der Waals surface area contributed by atoms with E-state index in [9.17, 15) is 9.59 Å². The maximum Gasteiger partial charge on any atom is 0.321 e. The van der Waals surface area contributed by atoms with E-state index in [2.05, 4.69) is 34.4 Å². The number of carbonyl (C=O) groups excluding carboxylic acids is 1. The fraction of sp³-hybridized carbons (Fsp3) is 0.688. The Kier molecular flexibility index (Phi) is 6.59. The Balaban J connectivity index is 2.89. The van der Waals surface area contributed by atoms with Gasteiger partial charge in [-0.05, 0) is 33.6 Å². The summed E-state index contributed by atoms with van der Waals surface area (Å²) in [5.41, 5.74) is 0.145. The molecule has 6 heteroatoms. The second-order valence-electron chi connectivity index (χ2n) is 6.60. The van der Waals surface area contributed by atoms with Crippen molar-refractivity contribution in [1.82, 2.24) is 15.3 Å². The Morgan fingerprint density at radius 1 is 1.36 bits per heavy atom. The van der Waals surface area contributed by atoms with E-state index >= 15 is 0 Å². The smallest absolute Gasteiger partial charge is 0.321 e. The molecular formula is C16H28N4O2. The highest BCUT2D eigenvalue weighted by Gasteiger charge is 2.16. The highest BCUT2D eigenvalue weighted by atomic mass is 16.2. The van der Waals surface area contributed by atoms with Gasteiger partial charge in [-0.15, -0.1) is 0 Å². The first-order valence-corrected chi connectivity index (χ1v) is 7.95. The minimum absolute atomic E-state index is 0.194. The third kappa shape index (κ3) is 6.28. The maximum absolute atomic E-state index is 11.9. The maximum atomic E-state index is 11.9. The molecule has 1 aromatic rings. The average molecular weight is 308 g/mol. The van der Waals surface area contributed by atoms with E-state index < -0.39 is 0 Å². The fourth-order valence-corrected chi connectivity index (χ4v) is 2.24. The number of aromatic nitrogens is 2. The number of unbranched alkanes of at least 4 members (excludes halogenated alkanes) is 1. The molecule has 1 atom stereocenters. The van der Waals surface area contributed by atoms with E-state index in [4.69, 9.17) is 0 Å². The molecule has 0 spiro atoms. The Morgan fingerprint density at radius 3 is 2.59 bits per heavy atom. The predicted octanol–water partition coefficient (Wildman–Crippen LogP) is 3.37. The van der Waals surface area contributed by atoms with Crippen molar-refractivity contribution in [2.45, 2.75) is 71.8 Å². The van der Waals surface area contributed by atoms with E-state index in [1.165, 1.54) is 6.07 Å². The second-order valence-corrected chi connectivity index (χ2v) is 6.60. The van der Waals surface area contributed by atoms with Gasteiger partial charge < -0.3 is 5.32 Å². The molecule has 1 rings (SSSR count). The molecule has 1 unspecified atom stereocenters. The summed E-state index contributed by atoms with van der Waals surface area (Å²) in [6.07, 6.45) is 4.13. The van der Waals surface area contributed by atoms with Gasteiger partial charge in [0.1, 0.15) is 0 Å². The van der Waals surface area contributed by atoms with Gasteiger partial charge in [-0.25, -0.2) is 9.78 Å². The number of amides is 2. The molecule has 1 aromatic heterocycles. The molecular weight excluding hydrogens is 280 g/mol. The number of nitrogens with zero attached hydrogens (tertiary/aromatic N) is 1. The molecule has 0 aliphatic heterocycles. The van der Waals surface area contributed by atoms with Crippen molar-refractivity contribution in [2.75, 3.05) is 5.32 Å². The van der Waals surface area contributed by atoms with Gasteiger partial charge in [-0.1, -0.05) is 26.7 Å². The van der Waals surface area contributed by atoms with E-state index in [0.29, 0.717) is 0 Å². The lowest BCUT2D eigenvalue weighted by molar-refractivity contribution is 0.243. The van der Waals surface area contributed by atoms with Gasteiger partial charge in [0.15, 0.2) is 0 Å². The van der Waals surface area contributed by atoms with Crippen molar-refractivity contribution in [3.8, 4) is 0 Å². The quantitative estimate of drug-likeness (QED) is 0.753. The highest BCUT2D eigenvalue weighted by Crippen LogP contribution is 2.23. The highest BCUT2D eigenvalue weighted by molar-refractivity contribution is 5.87. The topological polar surface area (TPSA) is 86.9 Å². The van der Waals surface area contributed by atoms with Crippen LogP contribution in [0.1, 0.15) is 71.9 Å². The van der Waals surface area contributed by atoms with Crippen LogP contribution in [0.2, 0.25) is 0 Å². The molecule has 0 bridgehead atoms. The van der Waals surface area contributed by atoms with Crippen molar-refractivity contribution in [3.63, 3.8) is 0 Å². The summed E-state index contributed by atoms with van der Waals surface area (Å²) >= 11 is 0. The van der Waals surface area contributed by atoms with E-state index in [0.717, 1.165) is 31.4 Å². The van der Waals surface area contributed by atoms with Crippen molar-refractivity contribution in [1.29, 1.82) is 0 Å². The minimum atomic E-state index is -0.380. The molecule has 6 nitrogen and oxygen atoms in total.